The predicted octanol–water partition coefficient (Wildman–Crippen LogP) is 3.68. The van der Waals surface area contributed by atoms with Crippen molar-refractivity contribution in [3.63, 3.8) is 0 Å². The molecule has 2 aromatic heterocycles. The van der Waals surface area contributed by atoms with Gasteiger partial charge in [-0.05, 0) is 61.1 Å². The van der Waals surface area contributed by atoms with Crippen LogP contribution in [-0.2, 0) is 32.3 Å². The van der Waals surface area contributed by atoms with Crippen LogP contribution in [0.5, 0.6) is 0 Å². The van der Waals surface area contributed by atoms with Gasteiger partial charge in [-0.25, -0.2) is 9.59 Å². The maximum atomic E-state index is 12.4. The number of carbonyl (C=O) groups excluding carboxylic acids is 4. The second-order valence-electron chi connectivity index (χ2n) is 12.2. The monoisotopic (exact) mass is 668 g/mol. The van der Waals surface area contributed by atoms with Crippen LogP contribution in [-0.4, -0.2) is 80.1 Å². The summed E-state index contributed by atoms with van der Waals surface area (Å²) in [6.07, 6.45) is 9.26. The van der Waals surface area contributed by atoms with E-state index in [0.29, 0.717) is 34.7 Å². The lowest BCUT2D eigenvalue weighted by atomic mass is 10.0. The fraction of sp³-hybridized carbons (Fsp3) is 0.562. The fourth-order valence-electron chi connectivity index (χ4n) is 6.40. The topological polar surface area (TPSA) is 161 Å². The van der Waals surface area contributed by atoms with Gasteiger partial charge in [0, 0.05) is 47.2 Å². The average molecular weight is 669 g/mol. The first-order valence-corrected chi connectivity index (χ1v) is 18.1. The van der Waals surface area contributed by atoms with Crippen molar-refractivity contribution in [2.75, 3.05) is 11.5 Å². The number of hydrogen-bond acceptors (Lipinski definition) is 10. The van der Waals surface area contributed by atoms with E-state index in [1.54, 1.807) is 12.4 Å². The second kappa shape index (κ2) is 15.4. The molecular weight excluding hydrogens is 629 g/mol. The third kappa shape index (κ3) is 8.44. The number of esters is 2. The van der Waals surface area contributed by atoms with Crippen molar-refractivity contribution >= 4 is 47.5 Å². The van der Waals surface area contributed by atoms with Crippen LogP contribution in [0.2, 0.25) is 0 Å². The molecule has 14 heteroatoms. The van der Waals surface area contributed by atoms with Gasteiger partial charge >= 0.3 is 24.0 Å². The van der Waals surface area contributed by atoms with Gasteiger partial charge in [0.25, 0.3) is 0 Å². The minimum Gasteiger partial charge on any atom is -0.461 e. The van der Waals surface area contributed by atoms with E-state index in [0.717, 1.165) is 61.2 Å². The van der Waals surface area contributed by atoms with Gasteiger partial charge < -0.3 is 30.7 Å². The van der Waals surface area contributed by atoms with Gasteiger partial charge in [0.05, 0.1) is 35.6 Å². The molecular formula is C32H40N6O6S2. The molecule has 0 saturated carbocycles. The first kappa shape index (κ1) is 32.4. The smallest absolute Gasteiger partial charge is 0.315 e. The van der Waals surface area contributed by atoms with E-state index in [1.165, 1.54) is 0 Å². The van der Waals surface area contributed by atoms with E-state index in [9.17, 15) is 19.2 Å². The van der Waals surface area contributed by atoms with Crippen LogP contribution < -0.4 is 21.3 Å². The molecule has 6 unspecified atom stereocenters. The summed E-state index contributed by atoms with van der Waals surface area (Å²) in [4.78, 5) is 56.7. The van der Waals surface area contributed by atoms with Crippen LogP contribution in [0.3, 0.4) is 0 Å². The molecule has 0 radical (unpaired) electrons. The number of hydrogen-bond donors (Lipinski definition) is 4. The summed E-state index contributed by atoms with van der Waals surface area (Å²) in [6, 6.07) is 7.95. The van der Waals surface area contributed by atoms with Crippen molar-refractivity contribution in [3.8, 4) is 11.4 Å². The summed E-state index contributed by atoms with van der Waals surface area (Å²) in [6.45, 7) is 0.301. The van der Waals surface area contributed by atoms with Crippen LogP contribution >= 0.6 is 23.5 Å². The third-order valence-electron chi connectivity index (χ3n) is 8.83. The Labute approximate surface area is 276 Å². The lowest BCUT2D eigenvalue weighted by molar-refractivity contribution is -0.146. The SMILES string of the molecule is O=C1NC2CSC(CCCCC(=O)OCc3ccnc(-c4cc(COC(=O)CCCCC5SCC6NC(=O)NC65)ccn4)c3)C2N1. The highest BCUT2D eigenvalue weighted by atomic mass is 32.2. The molecule has 0 aliphatic carbocycles. The van der Waals surface area contributed by atoms with Gasteiger partial charge in [0.1, 0.15) is 13.2 Å². The van der Waals surface area contributed by atoms with Crippen LogP contribution in [0.15, 0.2) is 36.7 Å². The molecule has 46 heavy (non-hydrogen) atoms. The maximum absolute atomic E-state index is 12.4. The van der Waals surface area contributed by atoms with E-state index in [4.69, 9.17) is 9.47 Å². The van der Waals surface area contributed by atoms with Gasteiger partial charge in [0.2, 0.25) is 0 Å². The number of rotatable bonds is 15. The first-order chi connectivity index (χ1) is 22.4. The standard InChI is InChI=1S/C32H40N6O6S2/c39-27(7-3-1-5-25-29-23(17-45-25)35-31(41)37-29)43-15-19-9-11-33-21(13-19)22-14-20(10-12-34-22)16-44-28(40)8-4-2-6-26-30-24(18-46-26)36-32(42)38-30/h9-14,23-26,29-30H,1-8,15-18H2,(H2,35,37,41)(H2,36,38,42). The number of nitrogens with zero attached hydrogens (tertiary/aromatic N) is 2. The lowest BCUT2D eigenvalue weighted by Crippen LogP contribution is -2.36. The first-order valence-electron chi connectivity index (χ1n) is 16.0. The number of pyridine rings is 2. The van der Waals surface area contributed by atoms with E-state index in [1.807, 2.05) is 47.8 Å². The van der Waals surface area contributed by atoms with Crippen molar-refractivity contribution in [1.82, 2.24) is 31.2 Å². The molecule has 4 N–H and O–H groups in total. The minimum absolute atomic E-state index is 0.0803. The van der Waals surface area contributed by atoms with Crippen molar-refractivity contribution in [2.45, 2.75) is 99.2 Å². The Morgan fingerprint density at radius 1 is 0.696 bits per heavy atom. The number of thioether (sulfide) groups is 2. The summed E-state index contributed by atoms with van der Waals surface area (Å²) in [5.41, 5.74) is 2.91. The Morgan fingerprint density at radius 2 is 1.15 bits per heavy atom. The molecule has 12 nitrogen and oxygen atoms in total. The molecule has 0 bridgehead atoms. The van der Waals surface area contributed by atoms with Gasteiger partial charge in [-0.2, -0.15) is 23.5 Å². The predicted molar refractivity (Wildman–Crippen MR) is 175 cm³/mol. The lowest BCUT2D eigenvalue weighted by Gasteiger charge is -2.16. The summed E-state index contributed by atoms with van der Waals surface area (Å²) >= 11 is 3.76. The third-order valence-corrected chi connectivity index (χ3v) is 11.8. The number of carbonyl (C=O) groups is 4. The molecule has 4 saturated heterocycles. The minimum atomic E-state index is -0.237. The molecule has 6 atom stereocenters. The molecule has 6 rings (SSSR count). The number of unbranched alkanes of at least 4 members (excludes halogenated alkanes) is 2. The number of aromatic nitrogens is 2. The molecule has 4 aliphatic heterocycles. The highest BCUT2D eigenvalue weighted by Gasteiger charge is 2.43. The molecule has 4 fully saturated rings. The van der Waals surface area contributed by atoms with Crippen molar-refractivity contribution < 1.29 is 28.7 Å². The van der Waals surface area contributed by atoms with E-state index < -0.39 is 0 Å². The Hall–Kier alpha value is -3.52. The van der Waals surface area contributed by atoms with Crippen LogP contribution in [0.1, 0.15) is 62.5 Å². The van der Waals surface area contributed by atoms with Gasteiger partial charge in [-0.3, -0.25) is 19.6 Å². The zero-order chi connectivity index (χ0) is 31.9. The zero-order valence-corrected chi connectivity index (χ0v) is 27.2. The Morgan fingerprint density at radius 3 is 1.61 bits per heavy atom. The van der Waals surface area contributed by atoms with Crippen molar-refractivity contribution in [1.29, 1.82) is 0 Å². The van der Waals surface area contributed by atoms with Gasteiger partial charge in [-0.1, -0.05) is 12.8 Å². The van der Waals surface area contributed by atoms with Gasteiger partial charge in [0.15, 0.2) is 0 Å². The second-order valence-corrected chi connectivity index (χ2v) is 14.7. The van der Waals surface area contributed by atoms with Crippen LogP contribution in [0, 0.1) is 0 Å². The summed E-state index contributed by atoms with van der Waals surface area (Å²) in [5.74, 6) is 1.39. The molecule has 4 amide bonds. The van der Waals surface area contributed by atoms with Gasteiger partial charge in [-0.15, -0.1) is 0 Å². The molecule has 0 spiro atoms. The summed E-state index contributed by atoms with van der Waals surface area (Å²) in [5, 5.41) is 12.7. The molecule has 2 aromatic rings. The van der Waals surface area contributed by atoms with E-state index in [-0.39, 0.29) is 61.4 Å². The largest absolute Gasteiger partial charge is 0.461 e. The number of amides is 4. The van der Waals surface area contributed by atoms with Crippen LogP contribution in [0.4, 0.5) is 9.59 Å². The van der Waals surface area contributed by atoms with Crippen molar-refractivity contribution in [2.24, 2.45) is 0 Å². The molecule has 0 aromatic carbocycles. The zero-order valence-electron chi connectivity index (χ0n) is 25.6. The average Bonchev–Trinajstić information content (AvgIpc) is 3.82. The Balaban J connectivity index is 0.876. The molecule has 6 heterocycles. The number of ether oxygens (including phenoxy) is 2. The number of urea groups is 2. The fourth-order valence-corrected chi connectivity index (χ4v) is 9.48. The Bertz CT molecular complexity index is 1330. The highest BCUT2D eigenvalue weighted by molar-refractivity contribution is 8.00. The summed E-state index contributed by atoms with van der Waals surface area (Å²) in [7, 11) is 0. The Kier molecular flexibility index (Phi) is 10.8. The van der Waals surface area contributed by atoms with E-state index in [2.05, 4.69) is 31.2 Å². The quantitative estimate of drug-likeness (QED) is 0.125. The number of nitrogens with one attached hydrogen (secondary N) is 4. The summed E-state index contributed by atoms with van der Waals surface area (Å²) < 4.78 is 11.0. The molecule has 4 aliphatic rings. The normalized spacial score (nSPS) is 26.0. The maximum Gasteiger partial charge on any atom is 0.315 e. The van der Waals surface area contributed by atoms with E-state index >= 15 is 0 Å². The molecule has 246 valence electrons. The highest BCUT2D eigenvalue weighted by Crippen LogP contribution is 2.34. The van der Waals surface area contributed by atoms with Crippen LogP contribution in [0.25, 0.3) is 11.4 Å². The number of fused-ring (bicyclic) bond motifs is 2. The van der Waals surface area contributed by atoms with Crippen molar-refractivity contribution in [3.05, 3.63) is 47.8 Å².